The number of hydrogen-bond acceptors (Lipinski definition) is 6. The van der Waals surface area contributed by atoms with Gasteiger partial charge >= 0.3 is 0 Å². The summed E-state index contributed by atoms with van der Waals surface area (Å²) in [7, 11) is 3.37. The molecule has 1 N–H and O–H groups in total. The van der Waals surface area contributed by atoms with E-state index in [1.54, 1.807) is 67.3 Å². The van der Waals surface area contributed by atoms with Crippen molar-refractivity contribution in [2.45, 2.75) is 18.1 Å². The molecule has 2 aromatic carbocycles. The predicted octanol–water partition coefficient (Wildman–Crippen LogP) is 3.94. The lowest BCUT2D eigenvalue weighted by atomic mass is 10.1. The lowest BCUT2D eigenvalue weighted by Gasteiger charge is -2.13. The lowest BCUT2D eigenvalue weighted by molar-refractivity contribution is 0.0937. The fraction of sp³-hybridized carbons (Fsp3) is 0.238. The maximum absolute atomic E-state index is 12.5. The SMILES string of the molecule is COc1cccc(C(=O)CSc2nnc([C@H](C)NC(=O)c3ccc(Cl)cc3)n2C)c1. The molecule has 0 saturated carbocycles. The van der Waals surface area contributed by atoms with Crippen LogP contribution in [0.1, 0.15) is 39.5 Å². The minimum Gasteiger partial charge on any atom is -0.497 e. The van der Waals surface area contributed by atoms with Crippen LogP contribution >= 0.6 is 23.4 Å². The maximum atomic E-state index is 12.5. The zero-order chi connectivity index (χ0) is 21.7. The van der Waals surface area contributed by atoms with Gasteiger partial charge in [0.2, 0.25) is 0 Å². The predicted molar refractivity (Wildman–Crippen MR) is 116 cm³/mol. The third-order valence-electron chi connectivity index (χ3n) is 4.43. The summed E-state index contributed by atoms with van der Waals surface area (Å²) in [6.07, 6.45) is 0. The summed E-state index contributed by atoms with van der Waals surface area (Å²) in [6, 6.07) is 13.3. The topological polar surface area (TPSA) is 86.1 Å². The molecular weight excluding hydrogens is 424 g/mol. The van der Waals surface area contributed by atoms with E-state index in [2.05, 4.69) is 15.5 Å². The van der Waals surface area contributed by atoms with Gasteiger partial charge in [-0.1, -0.05) is 35.5 Å². The highest BCUT2D eigenvalue weighted by atomic mass is 35.5. The molecule has 0 aliphatic rings. The van der Waals surface area contributed by atoms with E-state index in [0.29, 0.717) is 32.9 Å². The molecule has 0 aliphatic carbocycles. The van der Waals surface area contributed by atoms with Gasteiger partial charge in [-0.15, -0.1) is 10.2 Å². The third-order valence-corrected chi connectivity index (χ3v) is 5.71. The molecule has 30 heavy (non-hydrogen) atoms. The standard InChI is InChI=1S/C21H21ClN4O3S/c1-13(23-20(28)14-7-9-16(22)10-8-14)19-24-25-21(26(19)2)30-12-18(27)15-5-4-6-17(11-15)29-3/h4-11,13H,12H2,1-3H3,(H,23,28)/t13-/m0/s1. The number of carbonyl (C=O) groups is 2. The Labute approximate surface area is 183 Å². The molecule has 156 valence electrons. The Morgan fingerprint density at radius 1 is 1.17 bits per heavy atom. The zero-order valence-electron chi connectivity index (χ0n) is 16.8. The highest BCUT2D eigenvalue weighted by Gasteiger charge is 2.19. The first-order chi connectivity index (χ1) is 14.4. The average Bonchev–Trinajstić information content (AvgIpc) is 3.12. The van der Waals surface area contributed by atoms with Crippen molar-refractivity contribution < 1.29 is 14.3 Å². The Bertz CT molecular complexity index is 1050. The van der Waals surface area contributed by atoms with E-state index in [1.807, 2.05) is 6.92 Å². The van der Waals surface area contributed by atoms with Gasteiger partial charge in [-0.2, -0.15) is 0 Å². The summed E-state index contributed by atoms with van der Waals surface area (Å²) in [5.41, 5.74) is 1.08. The van der Waals surface area contributed by atoms with E-state index in [9.17, 15) is 9.59 Å². The normalized spacial score (nSPS) is 11.7. The number of nitrogens with one attached hydrogen (secondary N) is 1. The van der Waals surface area contributed by atoms with Crippen LogP contribution in [0.25, 0.3) is 0 Å². The molecule has 0 radical (unpaired) electrons. The van der Waals surface area contributed by atoms with E-state index in [4.69, 9.17) is 16.3 Å². The zero-order valence-corrected chi connectivity index (χ0v) is 18.3. The van der Waals surface area contributed by atoms with Crippen LogP contribution in [0.5, 0.6) is 5.75 Å². The summed E-state index contributed by atoms with van der Waals surface area (Å²) in [6.45, 7) is 1.83. The Morgan fingerprint density at radius 3 is 2.60 bits per heavy atom. The third kappa shape index (κ3) is 5.20. The number of rotatable bonds is 8. The molecule has 0 spiro atoms. The number of amides is 1. The van der Waals surface area contributed by atoms with Crippen molar-refractivity contribution in [1.82, 2.24) is 20.1 Å². The number of ether oxygens (including phenoxy) is 1. The van der Waals surface area contributed by atoms with E-state index >= 15 is 0 Å². The first kappa shape index (κ1) is 21.9. The molecule has 9 heteroatoms. The van der Waals surface area contributed by atoms with E-state index in [-0.39, 0.29) is 23.5 Å². The Balaban J connectivity index is 1.62. The largest absolute Gasteiger partial charge is 0.497 e. The van der Waals surface area contributed by atoms with Gasteiger partial charge in [-0.05, 0) is 43.3 Å². The number of hydrogen-bond donors (Lipinski definition) is 1. The molecule has 0 fully saturated rings. The van der Waals surface area contributed by atoms with Gasteiger partial charge in [0.15, 0.2) is 16.8 Å². The first-order valence-corrected chi connectivity index (χ1v) is 10.5. The number of ketones is 1. The number of carbonyl (C=O) groups excluding carboxylic acids is 2. The van der Waals surface area contributed by atoms with Crippen LogP contribution in [0.2, 0.25) is 5.02 Å². The van der Waals surface area contributed by atoms with Crippen LogP contribution < -0.4 is 10.1 Å². The van der Waals surface area contributed by atoms with Gasteiger partial charge in [-0.25, -0.2) is 0 Å². The minimum atomic E-state index is -0.367. The highest BCUT2D eigenvalue weighted by Crippen LogP contribution is 2.22. The second-order valence-electron chi connectivity index (χ2n) is 6.55. The van der Waals surface area contributed by atoms with Crippen LogP contribution in [-0.2, 0) is 7.05 Å². The van der Waals surface area contributed by atoms with Gasteiger partial charge in [0.1, 0.15) is 5.75 Å². The van der Waals surface area contributed by atoms with Gasteiger partial charge in [0.25, 0.3) is 5.91 Å². The Morgan fingerprint density at radius 2 is 1.90 bits per heavy atom. The molecule has 3 aromatic rings. The number of halogens is 1. The Hall–Kier alpha value is -2.84. The summed E-state index contributed by atoms with van der Waals surface area (Å²) >= 11 is 7.15. The molecule has 0 saturated heterocycles. The van der Waals surface area contributed by atoms with Gasteiger partial charge in [-0.3, -0.25) is 9.59 Å². The van der Waals surface area contributed by atoms with Gasteiger partial charge in [0, 0.05) is 23.2 Å². The van der Waals surface area contributed by atoms with Gasteiger partial charge in [0.05, 0.1) is 18.9 Å². The van der Waals surface area contributed by atoms with Crippen molar-refractivity contribution in [3.8, 4) is 5.75 Å². The van der Waals surface area contributed by atoms with Crippen molar-refractivity contribution in [3.63, 3.8) is 0 Å². The molecule has 1 heterocycles. The average molecular weight is 445 g/mol. The number of nitrogens with zero attached hydrogens (tertiary/aromatic N) is 3. The van der Waals surface area contributed by atoms with Crippen molar-refractivity contribution in [2.24, 2.45) is 7.05 Å². The summed E-state index contributed by atoms with van der Waals surface area (Å²) in [5.74, 6) is 1.17. The van der Waals surface area contributed by atoms with E-state index in [0.717, 1.165) is 0 Å². The van der Waals surface area contributed by atoms with Crippen molar-refractivity contribution in [2.75, 3.05) is 12.9 Å². The monoisotopic (exact) mass is 444 g/mol. The van der Waals surface area contributed by atoms with Crippen LogP contribution in [-0.4, -0.2) is 39.3 Å². The van der Waals surface area contributed by atoms with Crippen LogP contribution in [0.3, 0.4) is 0 Å². The first-order valence-electron chi connectivity index (χ1n) is 9.15. The van der Waals surface area contributed by atoms with E-state index < -0.39 is 0 Å². The molecule has 0 aliphatic heterocycles. The number of benzene rings is 2. The van der Waals surface area contributed by atoms with Crippen LogP contribution in [0.15, 0.2) is 53.7 Å². The van der Waals surface area contributed by atoms with Crippen molar-refractivity contribution in [3.05, 3.63) is 70.5 Å². The van der Waals surface area contributed by atoms with E-state index in [1.165, 1.54) is 11.8 Å². The molecular formula is C21H21ClN4O3S. The molecule has 1 atom stereocenters. The lowest BCUT2D eigenvalue weighted by Crippen LogP contribution is -2.28. The van der Waals surface area contributed by atoms with Crippen molar-refractivity contribution in [1.29, 1.82) is 0 Å². The van der Waals surface area contributed by atoms with Crippen molar-refractivity contribution >= 4 is 35.1 Å². The molecule has 0 bridgehead atoms. The Kier molecular flexibility index (Phi) is 7.12. The molecule has 3 rings (SSSR count). The van der Waals surface area contributed by atoms with Crippen LogP contribution in [0.4, 0.5) is 0 Å². The molecule has 7 nitrogen and oxygen atoms in total. The second kappa shape index (κ2) is 9.77. The molecule has 0 unspecified atom stereocenters. The fourth-order valence-corrected chi connectivity index (χ4v) is 3.72. The minimum absolute atomic E-state index is 0.0347. The quantitative estimate of drug-likeness (QED) is 0.418. The smallest absolute Gasteiger partial charge is 0.251 e. The maximum Gasteiger partial charge on any atom is 0.251 e. The summed E-state index contributed by atoms with van der Waals surface area (Å²) in [4.78, 5) is 24.9. The number of aromatic nitrogens is 3. The highest BCUT2D eigenvalue weighted by molar-refractivity contribution is 7.99. The number of thioether (sulfide) groups is 1. The fourth-order valence-electron chi connectivity index (χ4n) is 2.78. The molecule has 1 aromatic heterocycles. The number of Topliss-reactive ketones (excluding diaryl/α,β-unsaturated/α-hetero) is 1. The second-order valence-corrected chi connectivity index (χ2v) is 7.92. The summed E-state index contributed by atoms with van der Waals surface area (Å²) in [5, 5.41) is 12.4. The number of methoxy groups -OCH3 is 1. The summed E-state index contributed by atoms with van der Waals surface area (Å²) < 4.78 is 6.93. The van der Waals surface area contributed by atoms with Crippen LogP contribution in [0, 0.1) is 0 Å². The molecule has 1 amide bonds. The van der Waals surface area contributed by atoms with Gasteiger partial charge < -0.3 is 14.6 Å².